The summed E-state index contributed by atoms with van der Waals surface area (Å²) >= 11 is 0. The summed E-state index contributed by atoms with van der Waals surface area (Å²) in [6.45, 7) is 0.158. The Morgan fingerprint density at radius 3 is 2.59 bits per heavy atom. The van der Waals surface area contributed by atoms with Gasteiger partial charge < -0.3 is 21.5 Å². The lowest BCUT2D eigenvalue weighted by Gasteiger charge is -2.17. The third-order valence-electron chi connectivity index (χ3n) is 2.81. The first-order chi connectivity index (χ1) is 8.00. The van der Waals surface area contributed by atoms with Crippen molar-refractivity contribution in [3.63, 3.8) is 0 Å². The molecule has 0 heterocycles. The second kappa shape index (κ2) is 6.07. The van der Waals surface area contributed by atoms with Gasteiger partial charge in [-0.15, -0.1) is 0 Å². The molecule has 0 aromatic carbocycles. The van der Waals surface area contributed by atoms with E-state index in [-0.39, 0.29) is 19.0 Å². The summed E-state index contributed by atoms with van der Waals surface area (Å²) in [6, 6.07) is -0.787. The number of nitrogens with one attached hydrogen (secondary N) is 2. The zero-order chi connectivity index (χ0) is 12.8. The van der Waals surface area contributed by atoms with E-state index in [1.165, 1.54) is 0 Å². The molecule has 1 aliphatic carbocycles. The van der Waals surface area contributed by atoms with Crippen LogP contribution in [-0.4, -0.2) is 35.6 Å². The molecule has 1 fully saturated rings. The van der Waals surface area contributed by atoms with Gasteiger partial charge in [-0.3, -0.25) is 9.59 Å². The van der Waals surface area contributed by atoms with Gasteiger partial charge in [-0.2, -0.15) is 0 Å². The lowest BCUT2D eigenvalue weighted by Crippen LogP contribution is -2.45. The van der Waals surface area contributed by atoms with Crippen LogP contribution in [0.5, 0.6) is 0 Å². The van der Waals surface area contributed by atoms with Gasteiger partial charge in [0.2, 0.25) is 5.91 Å². The molecule has 7 heteroatoms. The van der Waals surface area contributed by atoms with Crippen molar-refractivity contribution < 1.29 is 19.5 Å². The second-order valence-corrected chi connectivity index (χ2v) is 4.10. The average Bonchev–Trinajstić information content (AvgIpc) is 2.65. The van der Waals surface area contributed by atoms with Crippen molar-refractivity contribution in [1.29, 1.82) is 0 Å². The molecule has 96 valence electrons. The van der Waals surface area contributed by atoms with Gasteiger partial charge in [-0.05, 0) is 12.8 Å². The zero-order valence-corrected chi connectivity index (χ0v) is 9.44. The summed E-state index contributed by atoms with van der Waals surface area (Å²) in [7, 11) is 0. The van der Waals surface area contributed by atoms with E-state index in [2.05, 4.69) is 10.6 Å². The Morgan fingerprint density at radius 1 is 1.29 bits per heavy atom. The molecule has 2 atom stereocenters. The van der Waals surface area contributed by atoms with Crippen LogP contribution in [0.4, 0.5) is 4.79 Å². The lowest BCUT2D eigenvalue weighted by atomic mass is 10.0. The highest BCUT2D eigenvalue weighted by atomic mass is 16.4. The van der Waals surface area contributed by atoms with Crippen LogP contribution >= 0.6 is 0 Å². The van der Waals surface area contributed by atoms with Crippen LogP contribution in [0.15, 0.2) is 0 Å². The average molecular weight is 243 g/mol. The number of primary amides is 1. The second-order valence-electron chi connectivity index (χ2n) is 4.10. The number of carbonyl (C=O) groups excluding carboxylic acids is 2. The van der Waals surface area contributed by atoms with Gasteiger partial charge in [0.05, 0.1) is 5.92 Å². The van der Waals surface area contributed by atoms with Crippen LogP contribution in [0, 0.1) is 5.92 Å². The van der Waals surface area contributed by atoms with Gasteiger partial charge >= 0.3 is 12.0 Å². The molecule has 1 saturated carbocycles. The molecule has 17 heavy (non-hydrogen) atoms. The van der Waals surface area contributed by atoms with Gasteiger partial charge in [0.25, 0.3) is 0 Å². The van der Waals surface area contributed by atoms with E-state index in [0.717, 1.165) is 6.42 Å². The van der Waals surface area contributed by atoms with Crippen LogP contribution in [-0.2, 0) is 9.59 Å². The number of carboxylic acids is 1. The van der Waals surface area contributed by atoms with Gasteiger partial charge in [0, 0.05) is 19.0 Å². The molecule has 0 saturated heterocycles. The van der Waals surface area contributed by atoms with E-state index in [1.807, 2.05) is 0 Å². The van der Waals surface area contributed by atoms with Crippen molar-refractivity contribution in [2.45, 2.75) is 31.7 Å². The molecule has 1 rings (SSSR count). The first-order valence-electron chi connectivity index (χ1n) is 5.56. The van der Waals surface area contributed by atoms with Crippen molar-refractivity contribution in [1.82, 2.24) is 10.6 Å². The third-order valence-corrected chi connectivity index (χ3v) is 2.81. The Bertz CT molecular complexity index is 319. The fraction of sp³-hybridized carbons (Fsp3) is 0.700. The quantitative estimate of drug-likeness (QED) is 0.515. The molecule has 5 N–H and O–H groups in total. The summed E-state index contributed by atoms with van der Waals surface area (Å²) in [6.07, 6.45) is 2.12. The summed E-state index contributed by atoms with van der Waals surface area (Å²) in [4.78, 5) is 32.7. The van der Waals surface area contributed by atoms with E-state index in [0.29, 0.717) is 12.8 Å². The maximum absolute atomic E-state index is 11.4. The van der Waals surface area contributed by atoms with Crippen LogP contribution in [0.25, 0.3) is 0 Å². The number of hydrogen-bond acceptors (Lipinski definition) is 3. The number of carboxylic acid groups (broad SMARTS) is 1. The molecule has 0 aliphatic heterocycles. The van der Waals surface area contributed by atoms with E-state index >= 15 is 0 Å². The molecule has 0 aromatic heterocycles. The normalized spacial score (nSPS) is 23.1. The Balaban J connectivity index is 2.30. The van der Waals surface area contributed by atoms with Crippen LogP contribution in [0.2, 0.25) is 0 Å². The first-order valence-corrected chi connectivity index (χ1v) is 5.56. The lowest BCUT2D eigenvalue weighted by molar-refractivity contribution is -0.142. The van der Waals surface area contributed by atoms with Crippen molar-refractivity contribution in [3.8, 4) is 0 Å². The first kappa shape index (κ1) is 13.3. The Kier molecular flexibility index (Phi) is 4.74. The number of carbonyl (C=O) groups is 3. The Morgan fingerprint density at radius 2 is 2.00 bits per heavy atom. The van der Waals surface area contributed by atoms with Crippen molar-refractivity contribution in [3.05, 3.63) is 0 Å². The smallest absolute Gasteiger partial charge is 0.315 e. The maximum Gasteiger partial charge on any atom is 0.315 e. The fourth-order valence-electron chi connectivity index (χ4n) is 1.95. The van der Waals surface area contributed by atoms with Crippen molar-refractivity contribution in [2.24, 2.45) is 11.7 Å². The van der Waals surface area contributed by atoms with Crippen molar-refractivity contribution in [2.75, 3.05) is 6.54 Å². The summed E-state index contributed by atoms with van der Waals surface area (Å²) in [5.41, 5.74) is 4.92. The van der Waals surface area contributed by atoms with Crippen LogP contribution in [0.1, 0.15) is 25.7 Å². The van der Waals surface area contributed by atoms with Gasteiger partial charge in [0.1, 0.15) is 0 Å². The molecule has 0 spiro atoms. The fourth-order valence-corrected chi connectivity index (χ4v) is 1.95. The van der Waals surface area contributed by atoms with Gasteiger partial charge in [-0.25, -0.2) is 4.79 Å². The number of hydrogen-bond donors (Lipinski definition) is 4. The minimum absolute atomic E-state index is 0.0699. The number of amides is 3. The van der Waals surface area contributed by atoms with E-state index in [1.54, 1.807) is 0 Å². The van der Waals surface area contributed by atoms with E-state index in [9.17, 15) is 14.4 Å². The van der Waals surface area contributed by atoms with E-state index in [4.69, 9.17) is 10.8 Å². The largest absolute Gasteiger partial charge is 0.481 e. The number of nitrogens with two attached hydrogens (primary N) is 1. The molecule has 3 amide bonds. The SMILES string of the molecule is NC(=O)CCNC(=O)NC1CCCC1C(=O)O. The number of rotatable bonds is 5. The molecule has 7 nitrogen and oxygen atoms in total. The zero-order valence-electron chi connectivity index (χ0n) is 9.44. The van der Waals surface area contributed by atoms with Gasteiger partial charge in [0.15, 0.2) is 0 Å². The highest BCUT2D eigenvalue weighted by Gasteiger charge is 2.33. The summed E-state index contributed by atoms with van der Waals surface area (Å²) in [5.74, 6) is -1.89. The minimum Gasteiger partial charge on any atom is -0.481 e. The predicted octanol–water partition coefficient (Wildman–Crippen LogP) is -0.586. The molecular formula is C10H17N3O4. The third kappa shape index (κ3) is 4.29. The topological polar surface area (TPSA) is 122 Å². The number of urea groups is 1. The highest BCUT2D eigenvalue weighted by molar-refractivity contribution is 5.78. The molecular weight excluding hydrogens is 226 g/mol. The molecule has 2 unspecified atom stereocenters. The minimum atomic E-state index is -0.884. The summed E-state index contributed by atoms with van der Waals surface area (Å²) in [5, 5.41) is 14.0. The molecule has 1 aliphatic rings. The van der Waals surface area contributed by atoms with Crippen molar-refractivity contribution >= 4 is 17.9 Å². The molecule has 0 bridgehead atoms. The monoisotopic (exact) mass is 243 g/mol. The van der Waals surface area contributed by atoms with Gasteiger partial charge in [-0.1, -0.05) is 6.42 Å². The standard InChI is InChI=1S/C10H17N3O4/c11-8(14)4-5-12-10(17)13-7-3-1-2-6(7)9(15)16/h6-7H,1-5H2,(H2,11,14)(H,15,16)(H2,12,13,17). The Hall–Kier alpha value is -1.79. The maximum atomic E-state index is 11.4. The predicted molar refractivity (Wildman–Crippen MR) is 59.1 cm³/mol. The van der Waals surface area contributed by atoms with E-state index < -0.39 is 23.8 Å². The number of aliphatic carboxylic acids is 1. The van der Waals surface area contributed by atoms with Crippen LogP contribution < -0.4 is 16.4 Å². The highest BCUT2D eigenvalue weighted by Crippen LogP contribution is 2.25. The molecule has 0 radical (unpaired) electrons. The Labute approximate surface area is 98.7 Å². The van der Waals surface area contributed by atoms with Crippen LogP contribution in [0.3, 0.4) is 0 Å². The molecule has 0 aromatic rings. The summed E-state index contributed by atoms with van der Waals surface area (Å²) < 4.78 is 0.